The third kappa shape index (κ3) is 4.11. The summed E-state index contributed by atoms with van der Waals surface area (Å²) in [4.78, 5) is 28.1. The van der Waals surface area contributed by atoms with Crippen molar-refractivity contribution in [1.29, 1.82) is 0 Å². The Kier molecular flexibility index (Phi) is 5.68. The van der Waals surface area contributed by atoms with Gasteiger partial charge < -0.3 is 9.64 Å². The van der Waals surface area contributed by atoms with Gasteiger partial charge in [-0.25, -0.2) is 0 Å². The highest BCUT2D eigenvalue weighted by atomic mass is 16.5. The van der Waals surface area contributed by atoms with E-state index in [9.17, 15) is 9.59 Å². The molecule has 2 amide bonds. The minimum atomic E-state index is -0.212. The van der Waals surface area contributed by atoms with Gasteiger partial charge in [-0.15, -0.1) is 0 Å². The molecule has 1 aliphatic heterocycles. The maximum absolute atomic E-state index is 12.3. The predicted molar refractivity (Wildman–Crippen MR) is 101 cm³/mol. The zero-order valence-electron chi connectivity index (χ0n) is 15.3. The largest absolute Gasteiger partial charge is 0.494 e. The first-order valence-corrected chi connectivity index (χ1v) is 8.88. The van der Waals surface area contributed by atoms with E-state index in [0.717, 1.165) is 18.7 Å². The molecule has 0 atom stereocenters. The highest BCUT2D eigenvalue weighted by Crippen LogP contribution is 2.22. The van der Waals surface area contributed by atoms with E-state index in [1.165, 1.54) is 10.5 Å². The predicted octanol–water partition coefficient (Wildman–Crippen LogP) is 2.86. The first kappa shape index (κ1) is 18.1. The minimum absolute atomic E-state index is 0.212. The van der Waals surface area contributed by atoms with Crippen LogP contribution < -0.4 is 4.74 Å². The molecule has 0 fully saturated rings. The molecule has 0 bridgehead atoms. The fourth-order valence-electron chi connectivity index (χ4n) is 3.00. The first-order valence-electron chi connectivity index (χ1n) is 8.88. The molecule has 0 spiro atoms. The van der Waals surface area contributed by atoms with Crippen molar-refractivity contribution in [1.82, 2.24) is 9.80 Å². The van der Waals surface area contributed by atoms with Crippen LogP contribution in [0, 0.1) is 0 Å². The Balaban J connectivity index is 1.49. The Bertz CT molecular complexity index is 766. The molecule has 2 aromatic rings. The van der Waals surface area contributed by atoms with E-state index in [4.69, 9.17) is 4.74 Å². The van der Waals surface area contributed by atoms with Crippen molar-refractivity contribution in [2.45, 2.75) is 12.8 Å². The van der Waals surface area contributed by atoms with E-state index in [-0.39, 0.29) is 11.8 Å². The summed E-state index contributed by atoms with van der Waals surface area (Å²) in [6, 6.07) is 15.0. The molecule has 5 heteroatoms. The van der Waals surface area contributed by atoms with Crippen molar-refractivity contribution >= 4 is 11.8 Å². The topological polar surface area (TPSA) is 49.9 Å². The lowest BCUT2D eigenvalue weighted by atomic mass is 10.1. The fraction of sp³-hybridized carbons (Fsp3) is 0.333. The molecule has 0 unspecified atom stereocenters. The second-order valence-corrected chi connectivity index (χ2v) is 6.71. The summed E-state index contributed by atoms with van der Waals surface area (Å²) >= 11 is 0. The maximum atomic E-state index is 12.3. The SMILES string of the molecule is CN(C)CCc1cccc(OCCCN2C(=O)c3ccccc3C2=O)c1. The fourth-order valence-corrected chi connectivity index (χ4v) is 3.00. The van der Waals surface area contributed by atoms with Crippen molar-refractivity contribution < 1.29 is 14.3 Å². The van der Waals surface area contributed by atoms with Crippen molar-refractivity contribution in [3.8, 4) is 5.75 Å². The van der Waals surface area contributed by atoms with Crippen LogP contribution in [-0.4, -0.2) is 55.4 Å². The number of benzene rings is 2. The summed E-state index contributed by atoms with van der Waals surface area (Å²) in [6.07, 6.45) is 1.58. The number of fused-ring (bicyclic) bond motifs is 1. The minimum Gasteiger partial charge on any atom is -0.494 e. The van der Waals surface area contributed by atoms with Crippen molar-refractivity contribution in [3.63, 3.8) is 0 Å². The summed E-state index contributed by atoms with van der Waals surface area (Å²) in [5, 5.41) is 0. The Morgan fingerprint density at radius 3 is 2.31 bits per heavy atom. The van der Waals surface area contributed by atoms with E-state index in [2.05, 4.69) is 25.1 Å². The maximum Gasteiger partial charge on any atom is 0.261 e. The Labute approximate surface area is 154 Å². The summed E-state index contributed by atoms with van der Waals surface area (Å²) in [5.74, 6) is 0.399. The Morgan fingerprint density at radius 2 is 1.65 bits per heavy atom. The molecule has 1 heterocycles. The van der Waals surface area contributed by atoms with Gasteiger partial charge in [-0.2, -0.15) is 0 Å². The van der Waals surface area contributed by atoms with Crippen LogP contribution in [-0.2, 0) is 6.42 Å². The van der Waals surface area contributed by atoms with Crippen LogP contribution in [0.2, 0.25) is 0 Å². The Hall–Kier alpha value is -2.66. The molecule has 136 valence electrons. The second kappa shape index (κ2) is 8.15. The standard InChI is InChI=1S/C21H24N2O3/c1-22(2)13-11-16-7-5-8-17(15-16)26-14-6-12-23-20(24)18-9-3-4-10-19(18)21(23)25/h3-5,7-10,15H,6,11-14H2,1-2H3. The molecule has 0 aliphatic carbocycles. The van der Waals surface area contributed by atoms with Crippen LogP contribution >= 0.6 is 0 Å². The van der Waals surface area contributed by atoms with Gasteiger partial charge in [-0.05, 0) is 56.8 Å². The van der Waals surface area contributed by atoms with E-state index in [1.54, 1.807) is 24.3 Å². The van der Waals surface area contributed by atoms with Crippen LogP contribution in [0.1, 0.15) is 32.7 Å². The van der Waals surface area contributed by atoms with Gasteiger partial charge in [-0.1, -0.05) is 24.3 Å². The molecule has 0 aromatic heterocycles. The number of imide groups is 1. The quantitative estimate of drug-likeness (QED) is 0.541. The van der Waals surface area contributed by atoms with E-state index in [1.807, 2.05) is 18.2 Å². The number of rotatable bonds is 8. The van der Waals surface area contributed by atoms with Crippen LogP contribution in [0.4, 0.5) is 0 Å². The third-order valence-electron chi connectivity index (χ3n) is 4.42. The van der Waals surface area contributed by atoms with E-state index < -0.39 is 0 Å². The van der Waals surface area contributed by atoms with E-state index >= 15 is 0 Å². The number of likely N-dealkylation sites (N-methyl/N-ethyl adjacent to an activating group) is 1. The summed E-state index contributed by atoms with van der Waals surface area (Å²) in [5.41, 5.74) is 2.22. The molecule has 0 saturated heterocycles. The normalized spacial score (nSPS) is 13.4. The van der Waals surface area contributed by atoms with E-state index in [0.29, 0.717) is 30.7 Å². The van der Waals surface area contributed by atoms with Gasteiger partial charge in [0.05, 0.1) is 17.7 Å². The summed E-state index contributed by atoms with van der Waals surface area (Å²) in [6.45, 7) is 1.82. The van der Waals surface area contributed by atoms with Gasteiger partial charge in [0.15, 0.2) is 0 Å². The lowest BCUT2D eigenvalue weighted by Gasteiger charge is -2.14. The van der Waals surface area contributed by atoms with Gasteiger partial charge >= 0.3 is 0 Å². The molecule has 3 rings (SSSR count). The molecule has 0 N–H and O–H groups in total. The second-order valence-electron chi connectivity index (χ2n) is 6.71. The van der Waals surface area contributed by atoms with Crippen molar-refractivity contribution in [2.75, 3.05) is 33.8 Å². The number of amides is 2. The van der Waals surface area contributed by atoms with Gasteiger partial charge in [0, 0.05) is 13.1 Å². The summed E-state index contributed by atoms with van der Waals surface area (Å²) < 4.78 is 5.80. The molecule has 0 saturated carbocycles. The lowest BCUT2D eigenvalue weighted by Crippen LogP contribution is -2.31. The molecule has 26 heavy (non-hydrogen) atoms. The molecule has 1 aliphatic rings. The highest BCUT2D eigenvalue weighted by Gasteiger charge is 2.34. The van der Waals surface area contributed by atoms with Gasteiger partial charge in [0.1, 0.15) is 5.75 Å². The van der Waals surface area contributed by atoms with Crippen LogP contribution in [0.15, 0.2) is 48.5 Å². The van der Waals surface area contributed by atoms with Crippen molar-refractivity contribution in [3.05, 3.63) is 65.2 Å². The van der Waals surface area contributed by atoms with Crippen LogP contribution in [0.3, 0.4) is 0 Å². The Morgan fingerprint density at radius 1 is 0.962 bits per heavy atom. The van der Waals surface area contributed by atoms with Gasteiger partial charge in [0.2, 0.25) is 0 Å². The zero-order chi connectivity index (χ0) is 18.5. The zero-order valence-corrected chi connectivity index (χ0v) is 15.3. The highest BCUT2D eigenvalue weighted by molar-refractivity contribution is 6.21. The van der Waals surface area contributed by atoms with Crippen molar-refractivity contribution in [2.24, 2.45) is 0 Å². The number of nitrogens with zero attached hydrogens (tertiary/aromatic N) is 2. The van der Waals surface area contributed by atoms with Gasteiger partial charge in [-0.3, -0.25) is 14.5 Å². The number of carbonyl (C=O) groups is 2. The molecular weight excluding hydrogens is 328 g/mol. The smallest absolute Gasteiger partial charge is 0.261 e. The average molecular weight is 352 g/mol. The van der Waals surface area contributed by atoms with Crippen LogP contribution in [0.25, 0.3) is 0 Å². The molecule has 5 nitrogen and oxygen atoms in total. The third-order valence-corrected chi connectivity index (χ3v) is 4.42. The number of hydrogen-bond acceptors (Lipinski definition) is 4. The monoisotopic (exact) mass is 352 g/mol. The lowest BCUT2D eigenvalue weighted by molar-refractivity contribution is 0.0647. The number of ether oxygens (including phenoxy) is 1. The number of hydrogen-bond donors (Lipinski definition) is 0. The van der Waals surface area contributed by atoms with Crippen LogP contribution in [0.5, 0.6) is 5.75 Å². The first-order chi connectivity index (χ1) is 12.6. The molecule has 2 aromatic carbocycles. The number of carbonyl (C=O) groups excluding carboxylic acids is 2. The summed E-state index contributed by atoms with van der Waals surface area (Å²) in [7, 11) is 4.11. The molecule has 0 radical (unpaired) electrons. The molecular formula is C21H24N2O3. The average Bonchev–Trinajstić information content (AvgIpc) is 2.89. The van der Waals surface area contributed by atoms with Gasteiger partial charge in [0.25, 0.3) is 11.8 Å².